The lowest BCUT2D eigenvalue weighted by Gasteiger charge is -2.07. The van der Waals surface area contributed by atoms with Gasteiger partial charge in [-0.3, -0.25) is 9.78 Å². The van der Waals surface area contributed by atoms with Gasteiger partial charge < -0.3 is 10.1 Å². The van der Waals surface area contributed by atoms with Gasteiger partial charge in [-0.25, -0.2) is 4.98 Å². The van der Waals surface area contributed by atoms with Crippen molar-refractivity contribution < 1.29 is 9.53 Å². The molecule has 26 heavy (non-hydrogen) atoms. The molecule has 0 atom stereocenters. The summed E-state index contributed by atoms with van der Waals surface area (Å²) in [5, 5.41) is 6.53. The fourth-order valence-corrected chi connectivity index (χ4v) is 3.17. The average Bonchev–Trinajstić information content (AvgIpc) is 3.13. The number of benzene rings is 1. The summed E-state index contributed by atoms with van der Waals surface area (Å²) in [5.74, 6) is 0.472. The molecule has 0 aliphatic carbocycles. The number of nitrogens with zero attached hydrogens (tertiary/aromatic N) is 2. The first-order chi connectivity index (χ1) is 12.6. The molecule has 0 radical (unpaired) electrons. The highest BCUT2D eigenvalue weighted by Crippen LogP contribution is 2.26. The van der Waals surface area contributed by atoms with Gasteiger partial charge in [0.05, 0.1) is 35.3 Å². The maximum atomic E-state index is 11.9. The summed E-state index contributed by atoms with van der Waals surface area (Å²) in [6.45, 7) is 0.644. The summed E-state index contributed by atoms with van der Waals surface area (Å²) in [6.07, 6.45) is 3.69. The van der Waals surface area contributed by atoms with E-state index in [-0.39, 0.29) is 18.9 Å². The van der Waals surface area contributed by atoms with Gasteiger partial charge in [0.1, 0.15) is 10.8 Å². The number of ether oxygens (including phenoxy) is 1. The third-order valence-electron chi connectivity index (χ3n) is 3.45. The molecule has 3 rings (SSSR count). The lowest BCUT2D eigenvalue weighted by atomic mass is 10.2. The van der Waals surface area contributed by atoms with E-state index in [9.17, 15) is 4.79 Å². The van der Waals surface area contributed by atoms with Crippen LogP contribution in [0.2, 0.25) is 10.0 Å². The first kappa shape index (κ1) is 18.6. The van der Waals surface area contributed by atoms with Crippen LogP contribution in [-0.4, -0.2) is 22.5 Å². The molecule has 0 aliphatic rings. The number of carbonyl (C=O) groups is 1. The van der Waals surface area contributed by atoms with Gasteiger partial charge >= 0.3 is 0 Å². The molecule has 0 bridgehead atoms. The second-order valence-electron chi connectivity index (χ2n) is 5.31. The van der Waals surface area contributed by atoms with E-state index < -0.39 is 0 Å². The highest BCUT2D eigenvalue weighted by atomic mass is 35.5. The molecule has 1 amide bonds. The molecule has 5 nitrogen and oxygen atoms in total. The zero-order valence-corrected chi connectivity index (χ0v) is 15.9. The fraction of sp³-hybridized carbons (Fsp3) is 0.167. The number of halogens is 2. The Morgan fingerprint density at radius 2 is 1.96 bits per heavy atom. The van der Waals surface area contributed by atoms with Gasteiger partial charge in [-0.15, -0.1) is 11.3 Å². The van der Waals surface area contributed by atoms with Gasteiger partial charge in [-0.2, -0.15) is 0 Å². The van der Waals surface area contributed by atoms with Crippen LogP contribution in [0.5, 0.6) is 5.75 Å². The van der Waals surface area contributed by atoms with Gasteiger partial charge in [-0.05, 0) is 24.3 Å². The van der Waals surface area contributed by atoms with Crippen molar-refractivity contribution in [1.82, 2.24) is 15.3 Å². The predicted molar refractivity (Wildman–Crippen MR) is 104 cm³/mol. The molecule has 0 spiro atoms. The van der Waals surface area contributed by atoms with Crippen LogP contribution in [0.15, 0.2) is 48.1 Å². The largest absolute Gasteiger partial charge is 0.493 e. The SMILES string of the molecule is O=C(CCOc1ccc(Cl)c(Cl)c1)NCc1nc(-c2ccncc2)cs1. The van der Waals surface area contributed by atoms with Gasteiger partial charge in [0.15, 0.2) is 0 Å². The van der Waals surface area contributed by atoms with Crippen LogP contribution in [0.3, 0.4) is 0 Å². The van der Waals surface area contributed by atoms with Gasteiger partial charge in [0.25, 0.3) is 0 Å². The number of thiazole rings is 1. The van der Waals surface area contributed by atoms with E-state index in [1.807, 2.05) is 17.5 Å². The number of nitrogens with one attached hydrogen (secondary N) is 1. The van der Waals surface area contributed by atoms with E-state index in [0.29, 0.717) is 22.3 Å². The molecule has 2 heterocycles. The van der Waals surface area contributed by atoms with Crippen LogP contribution in [-0.2, 0) is 11.3 Å². The Balaban J connectivity index is 1.43. The molecule has 0 fully saturated rings. The maximum Gasteiger partial charge on any atom is 0.223 e. The van der Waals surface area contributed by atoms with E-state index in [4.69, 9.17) is 27.9 Å². The molecule has 1 aromatic carbocycles. The summed E-state index contributed by atoms with van der Waals surface area (Å²) >= 11 is 13.3. The molecular formula is C18H15Cl2N3O2S. The molecule has 0 unspecified atom stereocenters. The van der Waals surface area contributed by atoms with Crippen molar-refractivity contribution in [1.29, 1.82) is 0 Å². The van der Waals surface area contributed by atoms with Crippen LogP contribution in [0, 0.1) is 0 Å². The zero-order valence-electron chi connectivity index (χ0n) is 13.6. The minimum absolute atomic E-state index is 0.106. The number of carbonyl (C=O) groups excluding carboxylic acids is 1. The first-order valence-electron chi connectivity index (χ1n) is 7.81. The Morgan fingerprint density at radius 3 is 2.73 bits per heavy atom. The standard InChI is InChI=1S/C18H15Cl2N3O2S/c19-14-2-1-13(9-15(14)20)25-8-5-17(24)22-10-18-23-16(11-26-18)12-3-6-21-7-4-12/h1-4,6-7,9,11H,5,8,10H2,(H,22,24). The molecule has 2 aromatic heterocycles. The van der Waals surface area contributed by atoms with Crippen molar-refractivity contribution in [3.63, 3.8) is 0 Å². The molecular weight excluding hydrogens is 393 g/mol. The predicted octanol–water partition coefficient (Wildman–Crippen LogP) is 4.60. The first-order valence-corrected chi connectivity index (χ1v) is 9.45. The summed E-state index contributed by atoms with van der Waals surface area (Å²) in [5.41, 5.74) is 1.88. The average molecular weight is 408 g/mol. The summed E-state index contributed by atoms with van der Waals surface area (Å²) in [7, 11) is 0. The smallest absolute Gasteiger partial charge is 0.223 e. The number of amides is 1. The van der Waals surface area contributed by atoms with E-state index in [1.54, 1.807) is 30.6 Å². The summed E-state index contributed by atoms with van der Waals surface area (Å²) in [6, 6.07) is 8.79. The van der Waals surface area contributed by atoms with Crippen LogP contribution in [0.1, 0.15) is 11.4 Å². The second kappa shape index (κ2) is 8.98. The normalized spacial score (nSPS) is 10.5. The topological polar surface area (TPSA) is 64.1 Å². The minimum Gasteiger partial charge on any atom is -0.493 e. The van der Waals surface area contributed by atoms with Crippen LogP contribution in [0.25, 0.3) is 11.3 Å². The van der Waals surface area contributed by atoms with Gasteiger partial charge in [0, 0.05) is 29.4 Å². The molecule has 0 saturated carbocycles. The Morgan fingerprint density at radius 1 is 1.15 bits per heavy atom. The van der Waals surface area contributed by atoms with E-state index in [1.165, 1.54) is 11.3 Å². The number of aromatic nitrogens is 2. The number of hydrogen-bond acceptors (Lipinski definition) is 5. The number of rotatable bonds is 7. The second-order valence-corrected chi connectivity index (χ2v) is 7.07. The van der Waals surface area contributed by atoms with Gasteiger partial charge in [-0.1, -0.05) is 23.2 Å². The molecule has 0 aliphatic heterocycles. The summed E-state index contributed by atoms with van der Waals surface area (Å²) < 4.78 is 5.50. The van der Waals surface area contributed by atoms with E-state index in [0.717, 1.165) is 16.3 Å². The Kier molecular flexibility index (Phi) is 6.44. The molecule has 0 saturated heterocycles. The number of pyridine rings is 1. The van der Waals surface area contributed by atoms with Crippen LogP contribution in [0.4, 0.5) is 0 Å². The highest BCUT2D eigenvalue weighted by molar-refractivity contribution is 7.09. The number of hydrogen-bond donors (Lipinski definition) is 1. The van der Waals surface area contributed by atoms with Gasteiger partial charge in [0.2, 0.25) is 5.91 Å². The fourth-order valence-electron chi connectivity index (χ4n) is 2.14. The lowest BCUT2D eigenvalue weighted by Crippen LogP contribution is -2.24. The molecule has 1 N–H and O–H groups in total. The Bertz CT molecular complexity index is 887. The summed E-state index contributed by atoms with van der Waals surface area (Å²) in [4.78, 5) is 20.4. The molecule has 134 valence electrons. The quantitative estimate of drug-likeness (QED) is 0.621. The van der Waals surface area contributed by atoms with Crippen molar-refractivity contribution in [2.24, 2.45) is 0 Å². The Labute approximate surface area is 165 Å². The third-order valence-corrected chi connectivity index (χ3v) is 5.04. The zero-order chi connectivity index (χ0) is 18.4. The van der Waals surface area contributed by atoms with Crippen molar-refractivity contribution in [3.8, 4) is 17.0 Å². The minimum atomic E-state index is -0.106. The molecule has 8 heteroatoms. The van der Waals surface area contributed by atoms with Crippen molar-refractivity contribution in [2.75, 3.05) is 6.61 Å². The van der Waals surface area contributed by atoms with E-state index >= 15 is 0 Å². The lowest BCUT2D eigenvalue weighted by molar-refractivity contribution is -0.121. The van der Waals surface area contributed by atoms with Crippen LogP contribution < -0.4 is 10.1 Å². The highest BCUT2D eigenvalue weighted by Gasteiger charge is 2.07. The third kappa shape index (κ3) is 5.17. The van der Waals surface area contributed by atoms with Crippen molar-refractivity contribution >= 4 is 40.4 Å². The van der Waals surface area contributed by atoms with E-state index in [2.05, 4.69) is 15.3 Å². The molecule has 3 aromatic rings. The monoisotopic (exact) mass is 407 g/mol. The van der Waals surface area contributed by atoms with Crippen molar-refractivity contribution in [2.45, 2.75) is 13.0 Å². The van der Waals surface area contributed by atoms with Crippen molar-refractivity contribution in [3.05, 3.63) is 63.2 Å². The van der Waals surface area contributed by atoms with Crippen LogP contribution >= 0.6 is 34.5 Å². The Hall–Kier alpha value is -2.15. The maximum absolute atomic E-state index is 11.9.